The number of rotatable bonds is 7. The smallest absolute Gasteiger partial charge is 0.255 e. The summed E-state index contributed by atoms with van der Waals surface area (Å²) < 4.78 is 1.93. The summed E-state index contributed by atoms with van der Waals surface area (Å²) in [4.78, 5) is 12.4. The van der Waals surface area contributed by atoms with Gasteiger partial charge >= 0.3 is 0 Å². The average molecular weight is 350 g/mol. The van der Waals surface area contributed by atoms with E-state index in [1.165, 1.54) is 0 Å². The molecule has 3 rings (SSSR count). The van der Waals surface area contributed by atoms with Crippen molar-refractivity contribution in [3.8, 4) is 0 Å². The third-order valence-corrected chi connectivity index (χ3v) is 4.55. The molecule has 0 saturated carbocycles. The van der Waals surface area contributed by atoms with E-state index in [0.717, 1.165) is 16.4 Å². The van der Waals surface area contributed by atoms with Crippen LogP contribution in [0.15, 0.2) is 78.7 Å². The molecule has 1 aromatic heterocycles. The Bertz CT molecular complexity index is 861. The maximum atomic E-state index is 12.4. The van der Waals surface area contributed by atoms with E-state index in [2.05, 4.69) is 22.1 Å². The topological polar surface area (TPSA) is 59.8 Å². The monoisotopic (exact) mass is 350 g/mol. The van der Waals surface area contributed by atoms with Crippen LogP contribution in [0, 0.1) is 0 Å². The number of hydrogen-bond donors (Lipinski definition) is 1. The summed E-state index contributed by atoms with van der Waals surface area (Å²) in [5.74, 6) is 0.593. The molecule has 25 heavy (non-hydrogen) atoms. The summed E-state index contributed by atoms with van der Waals surface area (Å²) >= 11 is 1.58. The van der Waals surface area contributed by atoms with Gasteiger partial charge in [0.05, 0.1) is 0 Å². The number of amides is 1. The SMILES string of the molecule is C=CCn1cnnc1SCc1cccc(C(=O)Nc2ccccc2)c1. The summed E-state index contributed by atoms with van der Waals surface area (Å²) in [6.07, 6.45) is 3.50. The Kier molecular flexibility index (Phi) is 5.64. The molecular formula is C19H18N4OS. The predicted molar refractivity (Wildman–Crippen MR) is 101 cm³/mol. The van der Waals surface area contributed by atoms with Gasteiger partial charge in [0.25, 0.3) is 5.91 Å². The van der Waals surface area contributed by atoms with Crippen molar-refractivity contribution in [2.45, 2.75) is 17.5 Å². The molecule has 0 saturated heterocycles. The Morgan fingerprint density at radius 3 is 2.84 bits per heavy atom. The lowest BCUT2D eigenvalue weighted by atomic mass is 10.1. The Morgan fingerprint density at radius 2 is 2.04 bits per heavy atom. The fraction of sp³-hybridized carbons (Fsp3) is 0.105. The first kappa shape index (κ1) is 17.0. The maximum absolute atomic E-state index is 12.4. The molecule has 0 spiro atoms. The van der Waals surface area contributed by atoms with Crippen LogP contribution in [-0.4, -0.2) is 20.7 Å². The molecule has 3 aromatic rings. The van der Waals surface area contributed by atoms with Crippen LogP contribution in [0.2, 0.25) is 0 Å². The first-order valence-electron chi connectivity index (χ1n) is 7.83. The summed E-state index contributed by atoms with van der Waals surface area (Å²) in [6, 6.07) is 17.0. The molecule has 0 bridgehead atoms. The molecule has 0 unspecified atom stereocenters. The highest BCUT2D eigenvalue weighted by Gasteiger charge is 2.08. The first-order chi connectivity index (χ1) is 12.3. The van der Waals surface area contributed by atoms with Crippen molar-refractivity contribution in [2.24, 2.45) is 0 Å². The fourth-order valence-corrected chi connectivity index (χ4v) is 3.16. The van der Waals surface area contributed by atoms with Gasteiger partial charge in [0.15, 0.2) is 5.16 Å². The largest absolute Gasteiger partial charge is 0.322 e. The fourth-order valence-electron chi connectivity index (χ4n) is 2.30. The number of hydrogen-bond acceptors (Lipinski definition) is 4. The molecule has 0 fully saturated rings. The average Bonchev–Trinajstić information content (AvgIpc) is 3.09. The van der Waals surface area contributed by atoms with Gasteiger partial charge in [-0.05, 0) is 29.8 Å². The number of para-hydroxylation sites is 1. The minimum atomic E-state index is -0.118. The van der Waals surface area contributed by atoms with Gasteiger partial charge in [-0.1, -0.05) is 48.2 Å². The predicted octanol–water partition coefficient (Wildman–Crippen LogP) is 4.01. The summed E-state index contributed by atoms with van der Waals surface area (Å²) in [5.41, 5.74) is 2.47. The van der Waals surface area contributed by atoms with Crippen molar-refractivity contribution < 1.29 is 4.79 Å². The lowest BCUT2D eigenvalue weighted by molar-refractivity contribution is 0.102. The Labute approximate surface area is 150 Å². The summed E-state index contributed by atoms with van der Waals surface area (Å²) in [7, 11) is 0. The van der Waals surface area contributed by atoms with Crippen LogP contribution in [-0.2, 0) is 12.3 Å². The summed E-state index contributed by atoms with van der Waals surface area (Å²) in [5, 5.41) is 11.8. The number of carbonyl (C=O) groups is 1. The van der Waals surface area contributed by atoms with Crippen LogP contribution in [0.25, 0.3) is 0 Å². The van der Waals surface area contributed by atoms with E-state index < -0.39 is 0 Å². The van der Waals surface area contributed by atoms with E-state index in [1.54, 1.807) is 18.1 Å². The molecule has 0 aliphatic carbocycles. The number of benzene rings is 2. The number of allylic oxidation sites excluding steroid dienone is 1. The summed E-state index contributed by atoms with van der Waals surface area (Å²) in [6.45, 7) is 4.41. The van der Waals surface area contributed by atoms with Crippen molar-refractivity contribution in [3.63, 3.8) is 0 Å². The van der Waals surface area contributed by atoms with Crippen molar-refractivity contribution in [3.05, 3.63) is 84.7 Å². The third kappa shape index (κ3) is 4.58. The molecule has 1 heterocycles. The molecule has 0 radical (unpaired) electrons. The Balaban J connectivity index is 1.66. The van der Waals surface area contributed by atoms with Gasteiger partial charge in [-0.3, -0.25) is 4.79 Å². The highest BCUT2D eigenvalue weighted by atomic mass is 32.2. The van der Waals surface area contributed by atoms with E-state index in [1.807, 2.05) is 65.2 Å². The number of nitrogens with zero attached hydrogens (tertiary/aromatic N) is 3. The molecule has 0 aliphatic rings. The van der Waals surface area contributed by atoms with Crippen molar-refractivity contribution in [1.29, 1.82) is 0 Å². The number of anilines is 1. The molecule has 1 amide bonds. The molecule has 1 N–H and O–H groups in total. The minimum Gasteiger partial charge on any atom is -0.322 e. The first-order valence-corrected chi connectivity index (χ1v) is 8.81. The second-order valence-electron chi connectivity index (χ2n) is 5.36. The Hall–Kier alpha value is -2.86. The zero-order valence-corrected chi connectivity index (χ0v) is 14.4. The highest BCUT2D eigenvalue weighted by Crippen LogP contribution is 2.21. The quantitative estimate of drug-likeness (QED) is 0.517. The van der Waals surface area contributed by atoms with Crippen LogP contribution in [0.4, 0.5) is 5.69 Å². The molecule has 0 aliphatic heterocycles. The molecule has 126 valence electrons. The van der Waals surface area contributed by atoms with E-state index >= 15 is 0 Å². The third-order valence-electron chi connectivity index (χ3n) is 3.49. The molecule has 2 aromatic carbocycles. The number of carbonyl (C=O) groups excluding carboxylic acids is 1. The lowest BCUT2D eigenvalue weighted by Crippen LogP contribution is -2.11. The molecular weight excluding hydrogens is 332 g/mol. The van der Waals surface area contributed by atoms with E-state index in [4.69, 9.17) is 0 Å². The van der Waals surface area contributed by atoms with Crippen LogP contribution >= 0.6 is 11.8 Å². The lowest BCUT2D eigenvalue weighted by Gasteiger charge is -2.07. The number of thioether (sulfide) groups is 1. The standard InChI is InChI=1S/C19H18N4OS/c1-2-11-23-14-20-22-19(23)25-13-15-7-6-8-16(12-15)18(24)21-17-9-4-3-5-10-17/h2-10,12,14H,1,11,13H2,(H,21,24). The molecule has 0 atom stereocenters. The van der Waals surface area contributed by atoms with Gasteiger partial charge < -0.3 is 9.88 Å². The second kappa shape index (κ2) is 8.30. The highest BCUT2D eigenvalue weighted by molar-refractivity contribution is 7.98. The van der Waals surface area contributed by atoms with Gasteiger partial charge in [0.1, 0.15) is 6.33 Å². The molecule has 6 heteroatoms. The number of nitrogens with one attached hydrogen (secondary N) is 1. The minimum absolute atomic E-state index is 0.118. The second-order valence-corrected chi connectivity index (χ2v) is 6.31. The van der Waals surface area contributed by atoms with Gasteiger partial charge in [-0.2, -0.15) is 0 Å². The van der Waals surface area contributed by atoms with Crippen LogP contribution < -0.4 is 5.32 Å². The normalized spacial score (nSPS) is 10.4. The Morgan fingerprint density at radius 1 is 1.20 bits per heavy atom. The maximum Gasteiger partial charge on any atom is 0.255 e. The van der Waals surface area contributed by atoms with Crippen LogP contribution in [0.1, 0.15) is 15.9 Å². The van der Waals surface area contributed by atoms with Gasteiger partial charge in [-0.25, -0.2) is 0 Å². The number of aromatic nitrogens is 3. The zero-order chi connectivity index (χ0) is 17.5. The molecule has 5 nitrogen and oxygen atoms in total. The van der Waals surface area contributed by atoms with Gasteiger partial charge in [0, 0.05) is 23.5 Å². The van der Waals surface area contributed by atoms with Gasteiger partial charge in [-0.15, -0.1) is 16.8 Å². The van der Waals surface area contributed by atoms with E-state index in [-0.39, 0.29) is 5.91 Å². The zero-order valence-electron chi connectivity index (χ0n) is 13.6. The van der Waals surface area contributed by atoms with E-state index in [9.17, 15) is 4.79 Å². The van der Waals surface area contributed by atoms with Crippen molar-refractivity contribution in [2.75, 3.05) is 5.32 Å². The van der Waals surface area contributed by atoms with Crippen molar-refractivity contribution >= 4 is 23.4 Å². The van der Waals surface area contributed by atoms with Crippen LogP contribution in [0.5, 0.6) is 0 Å². The van der Waals surface area contributed by atoms with Crippen LogP contribution in [0.3, 0.4) is 0 Å². The van der Waals surface area contributed by atoms with Crippen molar-refractivity contribution in [1.82, 2.24) is 14.8 Å². The van der Waals surface area contributed by atoms with Gasteiger partial charge in [0.2, 0.25) is 0 Å². The van der Waals surface area contributed by atoms with E-state index in [0.29, 0.717) is 17.9 Å².